The monoisotopic (exact) mass is 452 g/mol. The summed E-state index contributed by atoms with van der Waals surface area (Å²) < 4.78 is 26.4. The molecule has 174 valence electrons. The first-order chi connectivity index (χ1) is 14.6. The second-order valence-corrected chi connectivity index (χ2v) is 10.4. The zero-order valence-corrected chi connectivity index (χ0v) is 19.9. The number of piperidine rings is 1. The predicted octanol–water partition coefficient (Wildman–Crippen LogP) is 2.28. The summed E-state index contributed by atoms with van der Waals surface area (Å²) in [6.07, 6.45) is 3.74. The molecule has 0 spiro atoms. The molecular formula is C22H36N4O4S. The Morgan fingerprint density at radius 1 is 1.23 bits per heavy atom. The number of carbonyl (C=O) groups excluding carboxylic acids is 2. The molecule has 1 aromatic carbocycles. The van der Waals surface area contributed by atoms with Crippen LogP contribution in [0.4, 0.5) is 5.69 Å². The molecule has 0 saturated carbocycles. The highest BCUT2D eigenvalue weighted by atomic mass is 32.2. The average molecular weight is 453 g/mol. The molecule has 1 aromatic rings. The van der Waals surface area contributed by atoms with E-state index in [1.165, 1.54) is 16.4 Å². The largest absolute Gasteiger partial charge is 0.356 e. The fraction of sp³-hybridized carbons (Fsp3) is 0.636. The van der Waals surface area contributed by atoms with Crippen LogP contribution in [0.1, 0.15) is 46.5 Å². The Morgan fingerprint density at radius 2 is 1.90 bits per heavy atom. The molecule has 1 fully saturated rings. The summed E-state index contributed by atoms with van der Waals surface area (Å²) in [5, 5.41) is 5.80. The number of benzene rings is 1. The van der Waals surface area contributed by atoms with Crippen molar-refractivity contribution in [1.82, 2.24) is 14.5 Å². The van der Waals surface area contributed by atoms with Crippen LogP contribution in [-0.4, -0.2) is 68.7 Å². The fourth-order valence-electron chi connectivity index (χ4n) is 3.50. The molecule has 2 amide bonds. The number of amides is 2. The lowest BCUT2D eigenvalue weighted by Gasteiger charge is -2.31. The maximum atomic E-state index is 12.5. The minimum atomic E-state index is -3.55. The topological polar surface area (TPSA) is 98.8 Å². The minimum absolute atomic E-state index is 0.0710. The van der Waals surface area contributed by atoms with Gasteiger partial charge in [-0.3, -0.25) is 14.5 Å². The van der Waals surface area contributed by atoms with Gasteiger partial charge in [-0.2, -0.15) is 4.31 Å². The third-order valence-corrected chi connectivity index (χ3v) is 7.66. The summed E-state index contributed by atoms with van der Waals surface area (Å²) >= 11 is 0. The third kappa shape index (κ3) is 7.29. The lowest BCUT2D eigenvalue weighted by atomic mass is 9.97. The maximum absolute atomic E-state index is 12.5. The molecule has 9 heteroatoms. The molecule has 0 bridgehead atoms. The Balaban J connectivity index is 1.89. The Labute approximate surface area is 186 Å². The van der Waals surface area contributed by atoms with Crippen molar-refractivity contribution in [1.29, 1.82) is 0 Å². The summed E-state index contributed by atoms with van der Waals surface area (Å²) in [5.74, 6) is -0.190. The van der Waals surface area contributed by atoms with E-state index in [-0.39, 0.29) is 35.2 Å². The Bertz CT molecular complexity index is 840. The molecule has 0 aromatic heterocycles. The fourth-order valence-corrected chi connectivity index (χ4v) is 4.87. The van der Waals surface area contributed by atoms with Gasteiger partial charge in [0, 0.05) is 31.9 Å². The molecule has 1 aliphatic rings. The molecule has 8 nitrogen and oxygen atoms in total. The van der Waals surface area contributed by atoms with Crippen LogP contribution in [0, 0.1) is 5.92 Å². The number of hydrogen-bond donors (Lipinski definition) is 2. The molecule has 2 rings (SSSR count). The van der Waals surface area contributed by atoms with Gasteiger partial charge in [-0.05, 0) is 63.9 Å². The van der Waals surface area contributed by atoms with Gasteiger partial charge in [0.25, 0.3) is 0 Å². The number of nitrogens with zero attached hydrogens (tertiary/aromatic N) is 2. The van der Waals surface area contributed by atoms with E-state index in [0.29, 0.717) is 18.8 Å². The SMILES string of the molecule is CCCCNC(=O)C1CCCN(CC(=O)Nc2ccc(S(=O)(=O)N(C)C(C)C)cc2)C1. The van der Waals surface area contributed by atoms with Gasteiger partial charge in [-0.1, -0.05) is 13.3 Å². The Morgan fingerprint density at radius 3 is 2.52 bits per heavy atom. The zero-order valence-electron chi connectivity index (χ0n) is 19.1. The van der Waals surface area contributed by atoms with E-state index in [0.717, 1.165) is 32.2 Å². The molecule has 0 aliphatic carbocycles. The van der Waals surface area contributed by atoms with Gasteiger partial charge >= 0.3 is 0 Å². The van der Waals surface area contributed by atoms with Gasteiger partial charge in [0.15, 0.2) is 0 Å². The van der Waals surface area contributed by atoms with Crippen molar-refractivity contribution in [2.45, 2.75) is 57.4 Å². The number of hydrogen-bond acceptors (Lipinski definition) is 5. The lowest BCUT2D eigenvalue weighted by Crippen LogP contribution is -2.45. The van der Waals surface area contributed by atoms with E-state index in [1.807, 2.05) is 18.7 Å². The summed E-state index contributed by atoms with van der Waals surface area (Å²) in [5.41, 5.74) is 0.544. The van der Waals surface area contributed by atoms with Gasteiger partial charge in [-0.25, -0.2) is 8.42 Å². The molecule has 1 unspecified atom stereocenters. The highest BCUT2D eigenvalue weighted by Gasteiger charge is 2.27. The van der Waals surface area contributed by atoms with Crippen molar-refractivity contribution < 1.29 is 18.0 Å². The van der Waals surface area contributed by atoms with Crippen LogP contribution in [0.5, 0.6) is 0 Å². The van der Waals surface area contributed by atoms with Crippen LogP contribution in [0.25, 0.3) is 0 Å². The number of likely N-dealkylation sites (tertiary alicyclic amines) is 1. The van der Waals surface area contributed by atoms with E-state index in [9.17, 15) is 18.0 Å². The van der Waals surface area contributed by atoms with E-state index < -0.39 is 10.0 Å². The Kier molecular flexibility index (Phi) is 9.46. The predicted molar refractivity (Wildman–Crippen MR) is 122 cm³/mol. The van der Waals surface area contributed by atoms with E-state index in [4.69, 9.17) is 0 Å². The number of nitrogens with one attached hydrogen (secondary N) is 2. The first-order valence-corrected chi connectivity index (χ1v) is 12.5. The maximum Gasteiger partial charge on any atom is 0.243 e. The minimum Gasteiger partial charge on any atom is -0.356 e. The van der Waals surface area contributed by atoms with Crippen LogP contribution in [0.15, 0.2) is 29.2 Å². The van der Waals surface area contributed by atoms with Gasteiger partial charge in [0.2, 0.25) is 21.8 Å². The quantitative estimate of drug-likeness (QED) is 0.531. The van der Waals surface area contributed by atoms with E-state index in [1.54, 1.807) is 19.2 Å². The summed E-state index contributed by atoms with van der Waals surface area (Å²) in [4.78, 5) is 27.0. The highest BCUT2D eigenvalue weighted by molar-refractivity contribution is 7.89. The lowest BCUT2D eigenvalue weighted by molar-refractivity contribution is -0.127. The van der Waals surface area contributed by atoms with Crippen molar-refractivity contribution in [2.75, 3.05) is 38.5 Å². The van der Waals surface area contributed by atoms with Crippen molar-refractivity contribution in [3.63, 3.8) is 0 Å². The standard InChI is InChI=1S/C22H36N4O4S/c1-5-6-13-23-22(28)18-8-7-14-26(15-18)16-21(27)24-19-9-11-20(12-10-19)31(29,30)25(4)17(2)3/h9-12,17-18H,5-8,13-16H2,1-4H3,(H,23,28)(H,24,27). The van der Waals surface area contributed by atoms with Crippen LogP contribution in [0.2, 0.25) is 0 Å². The van der Waals surface area contributed by atoms with E-state index >= 15 is 0 Å². The molecule has 1 aliphatic heterocycles. The van der Waals surface area contributed by atoms with Crippen LogP contribution in [0.3, 0.4) is 0 Å². The van der Waals surface area contributed by atoms with Crippen LogP contribution in [-0.2, 0) is 19.6 Å². The molecule has 1 saturated heterocycles. The highest BCUT2D eigenvalue weighted by Crippen LogP contribution is 2.20. The first-order valence-electron chi connectivity index (χ1n) is 11.0. The average Bonchev–Trinajstić information content (AvgIpc) is 2.73. The number of sulfonamides is 1. The van der Waals surface area contributed by atoms with Crippen molar-refractivity contribution in [3.05, 3.63) is 24.3 Å². The van der Waals surface area contributed by atoms with Gasteiger partial charge < -0.3 is 10.6 Å². The van der Waals surface area contributed by atoms with Gasteiger partial charge in [0.05, 0.1) is 17.4 Å². The summed E-state index contributed by atoms with van der Waals surface area (Å²) in [7, 11) is -2.01. The van der Waals surface area contributed by atoms with Crippen LogP contribution >= 0.6 is 0 Å². The smallest absolute Gasteiger partial charge is 0.243 e. The molecule has 0 radical (unpaired) electrons. The molecule has 1 heterocycles. The summed E-state index contributed by atoms with van der Waals surface area (Å²) in [6.45, 7) is 7.97. The summed E-state index contributed by atoms with van der Waals surface area (Å²) in [6, 6.07) is 6.05. The second kappa shape index (κ2) is 11.6. The number of anilines is 1. The number of unbranched alkanes of at least 4 members (excludes halogenated alkanes) is 1. The number of rotatable bonds is 10. The molecule has 1 atom stereocenters. The van der Waals surface area contributed by atoms with Crippen molar-refractivity contribution in [3.8, 4) is 0 Å². The first kappa shape index (κ1) is 25.3. The van der Waals surface area contributed by atoms with Gasteiger partial charge in [-0.15, -0.1) is 0 Å². The van der Waals surface area contributed by atoms with E-state index in [2.05, 4.69) is 17.6 Å². The Hall–Kier alpha value is -1.97. The number of carbonyl (C=O) groups is 2. The van der Waals surface area contributed by atoms with Crippen molar-refractivity contribution in [2.24, 2.45) is 5.92 Å². The molecular weight excluding hydrogens is 416 g/mol. The van der Waals surface area contributed by atoms with Gasteiger partial charge in [0.1, 0.15) is 0 Å². The zero-order chi connectivity index (χ0) is 23.0. The second-order valence-electron chi connectivity index (χ2n) is 8.41. The third-order valence-electron chi connectivity index (χ3n) is 5.62. The van der Waals surface area contributed by atoms with Crippen molar-refractivity contribution >= 4 is 27.5 Å². The van der Waals surface area contributed by atoms with Crippen LogP contribution < -0.4 is 10.6 Å². The molecule has 31 heavy (non-hydrogen) atoms. The normalized spacial score (nSPS) is 17.7. The molecule has 2 N–H and O–H groups in total.